The zero-order valence-corrected chi connectivity index (χ0v) is 16.6. The highest BCUT2D eigenvalue weighted by Gasteiger charge is 2.20. The van der Waals surface area contributed by atoms with Gasteiger partial charge in [0, 0.05) is 31.4 Å². The monoisotopic (exact) mass is 390 g/mol. The van der Waals surface area contributed by atoms with Crippen molar-refractivity contribution in [3.63, 3.8) is 0 Å². The van der Waals surface area contributed by atoms with Gasteiger partial charge >= 0.3 is 0 Å². The highest BCUT2D eigenvalue weighted by molar-refractivity contribution is 5.43. The molecule has 0 aliphatic carbocycles. The van der Waals surface area contributed by atoms with Crippen LogP contribution >= 0.6 is 0 Å². The minimum atomic E-state index is 0.477. The van der Waals surface area contributed by atoms with E-state index in [-0.39, 0.29) is 0 Å². The average Bonchev–Trinajstić information content (AvgIpc) is 2.79. The highest BCUT2D eigenvalue weighted by atomic mass is 16.5. The summed E-state index contributed by atoms with van der Waals surface area (Å²) in [7, 11) is 1.67. The summed E-state index contributed by atoms with van der Waals surface area (Å²) in [6, 6.07) is 18.3. The van der Waals surface area contributed by atoms with E-state index in [0.29, 0.717) is 12.5 Å². The number of para-hydroxylation sites is 1. The molecule has 1 atom stereocenters. The zero-order valence-electron chi connectivity index (χ0n) is 16.6. The minimum Gasteiger partial charge on any atom is -0.493 e. The Morgan fingerprint density at radius 3 is 2.76 bits per heavy atom. The number of ether oxygens (including phenoxy) is 3. The molecule has 0 fully saturated rings. The molecule has 1 aromatic heterocycles. The molecule has 0 spiro atoms. The maximum atomic E-state index is 5.92. The lowest BCUT2D eigenvalue weighted by molar-refractivity contribution is 0.264. The smallest absolute Gasteiger partial charge is 0.161 e. The summed E-state index contributed by atoms with van der Waals surface area (Å²) in [6.07, 6.45) is 4.57. The molecule has 1 aliphatic rings. The molecule has 0 radical (unpaired) electrons. The maximum absolute atomic E-state index is 5.92. The predicted octanol–water partition coefficient (Wildman–Crippen LogP) is 4.33. The van der Waals surface area contributed by atoms with Gasteiger partial charge in [-0.25, -0.2) is 0 Å². The molecule has 5 nitrogen and oxygen atoms in total. The topological polar surface area (TPSA) is 52.6 Å². The number of nitrogens with zero attached hydrogens (tertiary/aromatic N) is 1. The molecule has 4 rings (SSSR count). The van der Waals surface area contributed by atoms with Crippen molar-refractivity contribution in [3.05, 3.63) is 83.7 Å². The van der Waals surface area contributed by atoms with Crippen LogP contribution in [0, 0.1) is 0 Å². The summed E-state index contributed by atoms with van der Waals surface area (Å²) >= 11 is 0. The molecule has 1 N–H and O–H groups in total. The quantitative estimate of drug-likeness (QED) is 0.621. The van der Waals surface area contributed by atoms with Crippen LogP contribution in [-0.2, 0) is 13.2 Å². The first-order chi connectivity index (χ1) is 14.3. The first kappa shape index (κ1) is 19.3. The molecule has 1 unspecified atom stereocenters. The van der Waals surface area contributed by atoms with Gasteiger partial charge in [0.1, 0.15) is 12.4 Å². The number of methoxy groups -OCH3 is 1. The van der Waals surface area contributed by atoms with Crippen molar-refractivity contribution in [1.82, 2.24) is 10.3 Å². The maximum Gasteiger partial charge on any atom is 0.161 e. The standard InChI is InChI=1S/C24H26N2O3/c1-27-24-14-19(6-7-23(24)29-17-18-8-11-25-12-9-18)15-26-16-20-10-13-28-22-5-3-2-4-21(20)22/h2-9,11-12,14,20,26H,10,13,15-17H2,1H3. The van der Waals surface area contributed by atoms with E-state index in [1.54, 1.807) is 19.5 Å². The summed E-state index contributed by atoms with van der Waals surface area (Å²) < 4.78 is 17.2. The lowest BCUT2D eigenvalue weighted by Crippen LogP contribution is -2.25. The molecule has 5 heteroatoms. The SMILES string of the molecule is COc1cc(CNCC2CCOc3ccccc32)ccc1OCc1ccncc1. The third-order valence-corrected chi connectivity index (χ3v) is 5.17. The van der Waals surface area contributed by atoms with Crippen molar-refractivity contribution in [3.8, 4) is 17.2 Å². The highest BCUT2D eigenvalue weighted by Crippen LogP contribution is 2.33. The van der Waals surface area contributed by atoms with Gasteiger partial charge in [0.05, 0.1) is 13.7 Å². The van der Waals surface area contributed by atoms with Crippen LogP contribution < -0.4 is 19.5 Å². The molecule has 3 aromatic rings. The zero-order chi connectivity index (χ0) is 19.9. The van der Waals surface area contributed by atoms with Crippen LogP contribution in [0.4, 0.5) is 0 Å². The molecular formula is C24H26N2O3. The van der Waals surface area contributed by atoms with Crippen molar-refractivity contribution in [2.24, 2.45) is 0 Å². The number of pyridine rings is 1. The Labute approximate surface area is 171 Å². The van der Waals surface area contributed by atoms with Gasteiger partial charge in [0.15, 0.2) is 11.5 Å². The fourth-order valence-electron chi connectivity index (χ4n) is 3.60. The molecule has 150 valence electrons. The third kappa shape index (κ3) is 4.87. The van der Waals surface area contributed by atoms with E-state index in [1.807, 2.05) is 30.3 Å². The summed E-state index contributed by atoms with van der Waals surface area (Å²) in [4.78, 5) is 4.03. The molecular weight excluding hydrogens is 364 g/mol. The van der Waals surface area contributed by atoms with Gasteiger partial charge in [-0.15, -0.1) is 0 Å². The van der Waals surface area contributed by atoms with Crippen LogP contribution in [0.15, 0.2) is 67.0 Å². The lowest BCUT2D eigenvalue weighted by atomic mass is 9.93. The normalized spacial score (nSPS) is 15.3. The molecule has 0 bridgehead atoms. The average molecular weight is 390 g/mol. The second-order valence-corrected chi connectivity index (χ2v) is 7.13. The van der Waals surface area contributed by atoms with E-state index >= 15 is 0 Å². The van der Waals surface area contributed by atoms with Crippen molar-refractivity contribution < 1.29 is 14.2 Å². The number of hydrogen-bond acceptors (Lipinski definition) is 5. The largest absolute Gasteiger partial charge is 0.493 e. The number of nitrogens with one attached hydrogen (secondary N) is 1. The van der Waals surface area contributed by atoms with Gasteiger partial charge in [-0.3, -0.25) is 4.98 Å². The van der Waals surface area contributed by atoms with Crippen molar-refractivity contribution >= 4 is 0 Å². The van der Waals surface area contributed by atoms with Crippen molar-refractivity contribution in [2.75, 3.05) is 20.3 Å². The van der Waals surface area contributed by atoms with Gasteiger partial charge in [0.2, 0.25) is 0 Å². The van der Waals surface area contributed by atoms with Crippen molar-refractivity contribution in [1.29, 1.82) is 0 Å². The third-order valence-electron chi connectivity index (χ3n) is 5.17. The lowest BCUT2D eigenvalue weighted by Gasteiger charge is -2.26. The predicted molar refractivity (Wildman–Crippen MR) is 113 cm³/mol. The molecule has 29 heavy (non-hydrogen) atoms. The van der Waals surface area contributed by atoms with E-state index in [0.717, 1.165) is 48.9 Å². The minimum absolute atomic E-state index is 0.477. The number of fused-ring (bicyclic) bond motifs is 1. The van der Waals surface area contributed by atoms with Crippen LogP contribution in [0.5, 0.6) is 17.2 Å². The van der Waals surface area contributed by atoms with Crippen LogP contribution in [0.1, 0.15) is 29.0 Å². The number of rotatable bonds is 8. The summed E-state index contributed by atoms with van der Waals surface area (Å²) in [6.45, 7) is 2.96. The molecule has 0 saturated carbocycles. The summed E-state index contributed by atoms with van der Waals surface area (Å²) in [5, 5.41) is 3.58. The van der Waals surface area contributed by atoms with Gasteiger partial charge in [-0.1, -0.05) is 24.3 Å². The van der Waals surface area contributed by atoms with E-state index in [9.17, 15) is 0 Å². The second kappa shape index (κ2) is 9.43. The fourth-order valence-corrected chi connectivity index (χ4v) is 3.60. The first-order valence-electron chi connectivity index (χ1n) is 9.94. The van der Waals surface area contributed by atoms with Gasteiger partial charge < -0.3 is 19.5 Å². The van der Waals surface area contributed by atoms with Crippen LogP contribution in [0.25, 0.3) is 0 Å². The fraction of sp³-hybridized carbons (Fsp3) is 0.292. The summed E-state index contributed by atoms with van der Waals surface area (Å²) in [5.41, 5.74) is 3.53. The van der Waals surface area contributed by atoms with E-state index in [2.05, 4.69) is 34.6 Å². The molecule has 2 aromatic carbocycles. The van der Waals surface area contributed by atoms with Gasteiger partial charge in [0.25, 0.3) is 0 Å². The number of hydrogen-bond donors (Lipinski definition) is 1. The molecule has 1 aliphatic heterocycles. The Morgan fingerprint density at radius 2 is 1.90 bits per heavy atom. The van der Waals surface area contributed by atoms with Crippen molar-refractivity contribution in [2.45, 2.75) is 25.5 Å². The van der Waals surface area contributed by atoms with Gasteiger partial charge in [-0.2, -0.15) is 0 Å². The Kier molecular flexibility index (Phi) is 6.27. The summed E-state index contributed by atoms with van der Waals surface area (Å²) in [5.74, 6) is 2.98. The van der Waals surface area contributed by atoms with E-state index in [1.165, 1.54) is 11.1 Å². The Hall–Kier alpha value is -3.05. The van der Waals surface area contributed by atoms with Gasteiger partial charge in [-0.05, 0) is 53.4 Å². The first-order valence-corrected chi connectivity index (χ1v) is 9.94. The van der Waals surface area contributed by atoms with Crippen LogP contribution in [0.3, 0.4) is 0 Å². The molecule has 0 amide bonds. The van der Waals surface area contributed by atoms with Crippen LogP contribution in [0.2, 0.25) is 0 Å². The number of aromatic nitrogens is 1. The Bertz CT molecular complexity index is 930. The van der Waals surface area contributed by atoms with E-state index in [4.69, 9.17) is 14.2 Å². The molecule has 2 heterocycles. The van der Waals surface area contributed by atoms with E-state index < -0.39 is 0 Å². The number of benzene rings is 2. The second-order valence-electron chi connectivity index (χ2n) is 7.13. The molecule has 0 saturated heterocycles. The Morgan fingerprint density at radius 1 is 1.03 bits per heavy atom. The Balaban J connectivity index is 1.34. The van der Waals surface area contributed by atoms with Crippen LogP contribution in [-0.4, -0.2) is 25.2 Å².